The standard InChI is InChI=1S/C12H12OS/c1-9-8-14-12(11(9)7-13)10-5-3-2-4-6-10/h2-6,8,13H,7H2,1H3. The van der Waals surface area contributed by atoms with Crippen LogP contribution in [0, 0.1) is 6.92 Å². The lowest BCUT2D eigenvalue weighted by molar-refractivity contribution is 0.282. The molecule has 0 amide bonds. The molecule has 1 nitrogen and oxygen atoms in total. The van der Waals surface area contributed by atoms with E-state index in [9.17, 15) is 5.11 Å². The Morgan fingerprint density at radius 3 is 2.57 bits per heavy atom. The number of aliphatic hydroxyl groups excluding tert-OH is 1. The van der Waals surface area contributed by atoms with Gasteiger partial charge in [0.2, 0.25) is 0 Å². The molecule has 0 spiro atoms. The summed E-state index contributed by atoms with van der Waals surface area (Å²) in [5.74, 6) is 0. The van der Waals surface area contributed by atoms with Gasteiger partial charge < -0.3 is 5.11 Å². The Morgan fingerprint density at radius 2 is 1.93 bits per heavy atom. The van der Waals surface area contributed by atoms with Crippen molar-refractivity contribution in [1.29, 1.82) is 0 Å². The number of aliphatic hydroxyl groups is 1. The van der Waals surface area contributed by atoms with Crippen molar-refractivity contribution in [2.75, 3.05) is 0 Å². The Labute approximate surface area is 87.7 Å². The van der Waals surface area contributed by atoms with Gasteiger partial charge in [-0.05, 0) is 29.0 Å². The monoisotopic (exact) mass is 204 g/mol. The molecule has 0 unspecified atom stereocenters. The first-order valence-electron chi connectivity index (χ1n) is 4.56. The second-order valence-corrected chi connectivity index (χ2v) is 4.13. The third-order valence-electron chi connectivity index (χ3n) is 2.30. The van der Waals surface area contributed by atoms with Gasteiger partial charge in [-0.15, -0.1) is 11.3 Å². The van der Waals surface area contributed by atoms with E-state index in [4.69, 9.17) is 0 Å². The van der Waals surface area contributed by atoms with Gasteiger partial charge >= 0.3 is 0 Å². The van der Waals surface area contributed by atoms with E-state index in [1.807, 2.05) is 25.1 Å². The molecule has 0 fully saturated rings. The van der Waals surface area contributed by atoms with Gasteiger partial charge in [0.1, 0.15) is 0 Å². The minimum Gasteiger partial charge on any atom is -0.392 e. The second-order valence-electron chi connectivity index (χ2n) is 3.25. The molecule has 1 aromatic carbocycles. The Balaban J connectivity index is 2.52. The Hall–Kier alpha value is -1.12. The predicted octanol–water partition coefficient (Wildman–Crippen LogP) is 3.22. The quantitative estimate of drug-likeness (QED) is 0.796. The fraction of sp³-hybridized carbons (Fsp3) is 0.167. The minimum absolute atomic E-state index is 0.125. The highest BCUT2D eigenvalue weighted by molar-refractivity contribution is 7.14. The number of aryl methyl sites for hydroxylation is 1. The van der Waals surface area contributed by atoms with Crippen LogP contribution in [0.5, 0.6) is 0 Å². The largest absolute Gasteiger partial charge is 0.392 e. The molecule has 1 N–H and O–H groups in total. The molecular weight excluding hydrogens is 192 g/mol. The van der Waals surface area contributed by atoms with Crippen LogP contribution in [0.15, 0.2) is 35.7 Å². The molecule has 0 aliphatic heterocycles. The van der Waals surface area contributed by atoms with Crippen LogP contribution >= 0.6 is 11.3 Å². The lowest BCUT2D eigenvalue weighted by Crippen LogP contribution is -1.85. The summed E-state index contributed by atoms with van der Waals surface area (Å²) in [5.41, 5.74) is 3.42. The zero-order valence-electron chi connectivity index (χ0n) is 8.03. The van der Waals surface area contributed by atoms with E-state index in [2.05, 4.69) is 17.5 Å². The highest BCUT2D eigenvalue weighted by Crippen LogP contribution is 2.32. The number of rotatable bonds is 2. The number of hydrogen-bond acceptors (Lipinski definition) is 2. The van der Waals surface area contributed by atoms with Crippen LogP contribution in [0.4, 0.5) is 0 Å². The number of benzene rings is 1. The zero-order chi connectivity index (χ0) is 9.97. The van der Waals surface area contributed by atoms with Crippen LogP contribution in [-0.4, -0.2) is 5.11 Å². The van der Waals surface area contributed by atoms with E-state index in [0.29, 0.717) is 0 Å². The van der Waals surface area contributed by atoms with Crippen molar-refractivity contribution in [2.24, 2.45) is 0 Å². The summed E-state index contributed by atoms with van der Waals surface area (Å²) in [7, 11) is 0. The normalized spacial score (nSPS) is 10.4. The molecule has 2 aromatic rings. The first-order valence-corrected chi connectivity index (χ1v) is 5.44. The highest BCUT2D eigenvalue weighted by atomic mass is 32.1. The van der Waals surface area contributed by atoms with Gasteiger partial charge in [0, 0.05) is 4.88 Å². The van der Waals surface area contributed by atoms with E-state index in [1.165, 1.54) is 16.0 Å². The van der Waals surface area contributed by atoms with Gasteiger partial charge in [0.05, 0.1) is 6.61 Å². The maximum atomic E-state index is 9.26. The van der Waals surface area contributed by atoms with E-state index < -0.39 is 0 Å². The number of thiophene rings is 1. The Bertz CT molecular complexity index is 417. The smallest absolute Gasteiger partial charge is 0.0698 e. The van der Waals surface area contributed by atoms with E-state index in [1.54, 1.807) is 11.3 Å². The second kappa shape index (κ2) is 3.95. The topological polar surface area (TPSA) is 20.2 Å². The van der Waals surface area contributed by atoms with Crippen molar-refractivity contribution < 1.29 is 5.11 Å². The van der Waals surface area contributed by atoms with Crippen molar-refractivity contribution >= 4 is 11.3 Å². The molecule has 0 bridgehead atoms. The minimum atomic E-state index is 0.125. The molecular formula is C12H12OS. The molecule has 0 radical (unpaired) electrons. The first-order chi connectivity index (χ1) is 6.83. The van der Waals surface area contributed by atoms with Crippen LogP contribution < -0.4 is 0 Å². The average molecular weight is 204 g/mol. The van der Waals surface area contributed by atoms with E-state index in [0.717, 1.165) is 5.56 Å². The fourth-order valence-electron chi connectivity index (χ4n) is 1.50. The maximum absolute atomic E-state index is 9.26. The van der Waals surface area contributed by atoms with Crippen LogP contribution in [0.2, 0.25) is 0 Å². The highest BCUT2D eigenvalue weighted by Gasteiger charge is 2.08. The number of hydrogen-bond donors (Lipinski definition) is 1. The summed E-state index contributed by atoms with van der Waals surface area (Å²) >= 11 is 1.69. The molecule has 0 saturated carbocycles. The SMILES string of the molecule is Cc1csc(-c2ccccc2)c1CO. The third kappa shape index (κ3) is 1.59. The summed E-state index contributed by atoms with van der Waals surface area (Å²) in [6.45, 7) is 2.16. The van der Waals surface area contributed by atoms with Crippen LogP contribution in [0.25, 0.3) is 10.4 Å². The van der Waals surface area contributed by atoms with Crippen molar-refractivity contribution in [2.45, 2.75) is 13.5 Å². The molecule has 0 aliphatic carbocycles. The first kappa shape index (κ1) is 9.44. The van der Waals surface area contributed by atoms with Gasteiger partial charge in [0.15, 0.2) is 0 Å². The Morgan fingerprint density at radius 1 is 1.21 bits per heavy atom. The third-order valence-corrected chi connectivity index (χ3v) is 3.49. The molecule has 0 saturated heterocycles. The molecule has 72 valence electrons. The molecule has 2 heteroatoms. The van der Waals surface area contributed by atoms with Crippen molar-refractivity contribution in [1.82, 2.24) is 0 Å². The molecule has 14 heavy (non-hydrogen) atoms. The van der Waals surface area contributed by atoms with Gasteiger partial charge in [-0.1, -0.05) is 30.3 Å². The van der Waals surface area contributed by atoms with Gasteiger partial charge in [0.25, 0.3) is 0 Å². The van der Waals surface area contributed by atoms with Gasteiger partial charge in [-0.2, -0.15) is 0 Å². The molecule has 1 heterocycles. The Kier molecular flexibility index (Phi) is 2.66. The maximum Gasteiger partial charge on any atom is 0.0698 e. The average Bonchev–Trinajstić information content (AvgIpc) is 2.61. The van der Waals surface area contributed by atoms with Crippen LogP contribution in [0.3, 0.4) is 0 Å². The summed E-state index contributed by atoms with van der Waals surface area (Å²) in [6, 6.07) is 10.2. The predicted molar refractivity (Wildman–Crippen MR) is 60.4 cm³/mol. The lowest BCUT2D eigenvalue weighted by atomic mass is 10.1. The van der Waals surface area contributed by atoms with Crippen molar-refractivity contribution in [3.05, 3.63) is 46.8 Å². The van der Waals surface area contributed by atoms with Crippen LogP contribution in [0.1, 0.15) is 11.1 Å². The van der Waals surface area contributed by atoms with Gasteiger partial charge in [-0.25, -0.2) is 0 Å². The molecule has 1 aromatic heterocycles. The summed E-state index contributed by atoms with van der Waals surface area (Å²) in [5, 5.41) is 11.3. The fourth-order valence-corrected chi connectivity index (χ4v) is 2.57. The lowest BCUT2D eigenvalue weighted by Gasteiger charge is -2.01. The summed E-state index contributed by atoms with van der Waals surface area (Å²) < 4.78 is 0. The molecule has 0 atom stereocenters. The summed E-state index contributed by atoms with van der Waals surface area (Å²) in [4.78, 5) is 1.19. The van der Waals surface area contributed by atoms with E-state index in [-0.39, 0.29) is 6.61 Å². The van der Waals surface area contributed by atoms with Crippen LogP contribution in [-0.2, 0) is 6.61 Å². The zero-order valence-corrected chi connectivity index (χ0v) is 8.84. The summed E-state index contributed by atoms with van der Waals surface area (Å²) in [6.07, 6.45) is 0. The van der Waals surface area contributed by atoms with Crippen molar-refractivity contribution in [3.63, 3.8) is 0 Å². The molecule has 0 aliphatic rings. The van der Waals surface area contributed by atoms with Crippen molar-refractivity contribution in [3.8, 4) is 10.4 Å². The van der Waals surface area contributed by atoms with Gasteiger partial charge in [-0.3, -0.25) is 0 Å². The van der Waals surface area contributed by atoms with E-state index >= 15 is 0 Å². The molecule has 2 rings (SSSR count).